The molecular weight excluding hydrogens is 488 g/mol. The summed E-state index contributed by atoms with van der Waals surface area (Å²) in [5, 5.41) is 19.8. The molecule has 1 amide bonds. The first kappa shape index (κ1) is 26.2. The summed E-state index contributed by atoms with van der Waals surface area (Å²) in [6.07, 6.45) is -3.03. The van der Waals surface area contributed by atoms with Gasteiger partial charge in [-0.25, -0.2) is 4.79 Å². The Morgan fingerprint density at radius 2 is 1.50 bits per heavy atom. The zero-order valence-corrected chi connectivity index (χ0v) is 21.1. The third-order valence-electron chi connectivity index (χ3n) is 6.05. The molecule has 0 bridgehead atoms. The second-order valence-electron chi connectivity index (χ2n) is 8.33. The van der Waals surface area contributed by atoms with Crippen molar-refractivity contribution in [3.8, 4) is 11.5 Å². The second kappa shape index (κ2) is 11.9. The lowest BCUT2D eigenvalue weighted by molar-refractivity contribution is -0.205. The number of hydrogen-bond acceptors (Lipinski definition) is 9. The van der Waals surface area contributed by atoms with E-state index >= 15 is 0 Å². The van der Waals surface area contributed by atoms with E-state index in [2.05, 4.69) is 4.99 Å². The van der Waals surface area contributed by atoms with E-state index < -0.39 is 35.9 Å². The average molecular weight is 519 g/mol. The molecule has 0 aromatic heterocycles. The highest BCUT2D eigenvalue weighted by Crippen LogP contribution is 2.40. The predicted octanol–water partition coefficient (Wildman–Crippen LogP) is 2.97. The Morgan fingerprint density at radius 1 is 0.972 bits per heavy atom. The van der Waals surface area contributed by atoms with Crippen LogP contribution < -0.4 is 9.47 Å². The van der Waals surface area contributed by atoms with Gasteiger partial charge in [0.1, 0.15) is 41.3 Å². The summed E-state index contributed by atoms with van der Waals surface area (Å²) >= 11 is 1.20. The molecule has 1 saturated heterocycles. The molecule has 194 valence electrons. The quantitative estimate of drug-likeness (QED) is 0.516. The Bertz CT molecular complexity index is 1050. The van der Waals surface area contributed by atoms with Crippen molar-refractivity contribution in [1.29, 1.82) is 0 Å². The minimum Gasteiger partial charge on any atom is -0.497 e. The number of amides is 1. The monoisotopic (exact) mass is 518 g/mol. The van der Waals surface area contributed by atoms with Crippen LogP contribution in [0.2, 0.25) is 0 Å². The van der Waals surface area contributed by atoms with E-state index in [-0.39, 0.29) is 19.8 Å². The first-order chi connectivity index (χ1) is 17.4. The number of carbonyl (C=O) groups is 1. The Kier molecular flexibility index (Phi) is 8.70. The number of hydrogen-bond donors (Lipinski definition) is 2. The van der Waals surface area contributed by atoms with Gasteiger partial charge in [0.05, 0.1) is 34.0 Å². The summed E-state index contributed by atoms with van der Waals surface area (Å²) in [7, 11) is 4.64. The maximum absolute atomic E-state index is 11.5. The van der Waals surface area contributed by atoms with Crippen LogP contribution in [0.4, 0.5) is 4.79 Å². The number of amidine groups is 1. The van der Waals surface area contributed by atoms with Crippen LogP contribution in [-0.4, -0.2) is 84.0 Å². The van der Waals surface area contributed by atoms with Gasteiger partial charge < -0.3 is 33.9 Å². The minimum absolute atomic E-state index is 0.257. The largest absolute Gasteiger partial charge is 0.497 e. The highest BCUT2D eigenvalue weighted by molar-refractivity contribution is 8.14. The maximum Gasteiger partial charge on any atom is 0.413 e. The standard InChI is InChI=1S/C25H30N2O8S/c1-27(25(29)30)24-26-20-22(34-14-16-6-10-18(32-3)11-7-16)21(19(12-28)35-23(20)36-24)33-13-15-4-8-17(31-2)9-5-15/h4-11,19-23,28H,12-14H2,1-3H3,(H,29,30)/t19-,20-,21-,22-,23-/m1/s1. The van der Waals surface area contributed by atoms with Gasteiger partial charge in [0.15, 0.2) is 5.17 Å². The van der Waals surface area contributed by atoms with Gasteiger partial charge in [0, 0.05) is 7.05 Å². The normalized spacial score (nSPS) is 25.1. The lowest BCUT2D eigenvalue weighted by Crippen LogP contribution is -2.57. The van der Waals surface area contributed by atoms with Crippen LogP contribution in [0, 0.1) is 0 Å². The highest BCUT2D eigenvalue weighted by atomic mass is 32.2. The molecule has 4 rings (SSSR count). The van der Waals surface area contributed by atoms with Gasteiger partial charge in [0.2, 0.25) is 0 Å². The van der Waals surface area contributed by atoms with Gasteiger partial charge in [-0.05, 0) is 35.4 Å². The Hall–Kier alpha value is -2.83. The van der Waals surface area contributed by atoms with Crippen LogP contribution >= 0.6 is 11.8 Å². The average Bonchev–Trinajstić information content (AvgIpc) is 3.34. The van der Waals surface area contributed by atoms with Gasteiger partial charge in [-0.15, -0.1) is 0 Å². The predicted molar refractivity (Wildman–Crippen MR) is 133 cm³/mol. The number of aliphatic hydroxyl groups excluding tert-OH is 1. The van der Waals surface area contributed by atoms with Crippen molar-refractivity contribution in [3.05, 3.63) is 59.7 Å². The van der Waals surface area contributed by atoms with E-state index in [0.717, 1.165) is 27.5 Å². The molecule has 5 atom stereocenters. The molecule has 0 unspecified atom stereocenters. The Balaban J connectivity index is 1.56. The Morgan fingerprint density at radius 3 is 1.97 bits per heavy atom. The molecule has 11 heteroatoms. The molecule has 0 radical (unpaired) electrons. The van der Waals surface area contributed by atoms with E-state index in [1.807, 2.05) is 48.5 Å². The fourth-order valence-electron chi connectivity index (χ4n) is 4.00. The number of ether oxygens (including phenoxy) is 5. The molecule has 10 nitrogen and oxygen atoms in total. The number of nitrogens with zero attached hydrogens (tertiary/aromatic N) is 2. The van der Waals surface area contributed by atoms with Crippen LogP contribution in [-0.2, 0) is 27.4 Å². The number of carboxylic acid groups (broad SMARTS) is 1. The van der Waals surface area contributed by atoms with E-state index in [9.17, 15) is 15.0 Å². The smallest absolute Gasteiger partial charge is 0.413 e. The first-order valence-corrected chi connectivity index (χ1v) is 12.3. The summed E-state index contributed by atoms with van der Waals surface area (Å²) in [6.45, 7) is 0.235. The topological polar surface area (TPSA) is 119 Å². The SMILES string of the molecule is COc1ccc(CO[C@@H]2[C@H]3N=C(N(C)C(=O)O)S[C@H]3O[C@H](CO)[C@H]2OCc2ccc(OC)cc2)cc1. The molecule has 2 heterocycles. The van der Waals surface area contributed by atoms with Crippen LogP contribution in [0.25, 0.3) is 0 Å². The van der Waals surface area contributed by atoms with Crippen LogP contribution in [0.15, 0.2) is 53.5 Å². The van der Waals surface area contributed by atoms with Crippen LogP contribution in [0.3, 0.4) is 0 Å². The van der Waals surface area contributed by atoms with Crippen molar-refractivity contribution in [2.75, 3.05) is 27.9 Å². The summed E-state index contributed by atoms with van der Waals surface area (Å²) in [5.41, 5.74) is 1.32. The minimum atomic E-state index is -1.12. The van der Waals surface area contributed by atoms with Gasteiger partial charge >= 0.3 is 6.09 Å². The first-order valence-electron chi connectivity index (χ1n) is 11.4. The summed E-state index contributed by atoms with van der Waals surface area (Å²) < 4.78 is 29.1. The van der Waals surface area contributed by atoms with E-state index in [1.54, 1.807) is 14.2 Å². The number of thioether (sulfide) groups is 1. The Labute approximate surface area is 213 Å². The number of rotatable bonds is 9. The van der Waals surface area contributed by atoms with Gasteiger partial charge in [0.25, 0.3) is 0 Å². The van der Waals surface area contributed by atoms with Crippen molar-refractivity contribution in [1.82, 2.24) is 4.90 Å². The molecule has 0 aliphatic carbocycles. The third-order valence-corrected chi connectivity index (χ3v) is 7.26. The molecule has 0 saturated carbocycles. The molecule has 2 aliphatic heterocycles. The molecule has 2 aromatic rings. The van der Waals surface area contributed by atoms with Crippen molar-refractivity contribution in [3.63, 3.8) is 0 Å². The molecule has 2 aliphatic rings. The number of methoxy groups -OCH3 is 2. The molecule has 36 heavy (non-hydrogen) atoms. The fraction of sp³-hybridized carbons (Fsp3) is 0.440. The summed E-state index contributed by atoms with van der Waals surface area (Å²) in [4.78, 5) is 17.2. The van der Waals surface area contributed by atoms with E-state index in [4.69, 9.17) is 23.7 Å². The fourth-order valence-corrected chi connectivity index (χ4v) is 5.18. The second-order valence-corrected chi connectivity index (χ2v) is 9.40. The van der Waals surface area contributed by atoms with Crippen molar-refractivity contribution < 1.29 is 38.7 Å². The van der Waals surface area contributed by atoms with Gasteiger partial charge in [-0.3, -0.25) is 9.89 Å². The van der Waals surface area contributed by atoms with Crippen LogP contribution in [0.5, 0.6) is 11.5 Å². The van der Waals surface area contributed by atoms with E-state index in [0.29, 0.717) is 5.17 Å². The molecule has 2 aromatic carbocycles. The lowest BCUT2D eigenvalue weighted by atomic mass is 9.97. The molecular formula is C25H30N2O8S. The number of benzene rings is 2. The summed E-state index contributed by atoms with van der Waals surface area (Å²) in [6, 6.07) is 14.5. The molecule has 0 spiro atoms. The summed E-state index contributed by atoms with van der Waals surface area (Å²) in [5.74, 6) is 1.48. The lowest BCUT2D eigenvalue weighted by Gasteiger charge is -2.42. The maximum atomic E-state index is 11.5. The van der Waals surface area contributed by atoms with Crippen molar-refractivity contribution >= 4 is 23.0 Å². The molecule has 2 N–H and O–H groups in total. The van der Waals surface area contributed by atoms with Gasteiger partial charge in [-0.2, -0.15) is 0 Å². The number of aliphatic imine (C=N–C) groups is 1. The van der Waals surface area contributed by atoms with E-state index in [1.165, 1.54) is 18.8 Å². The number of fused-ring (bicyclic) bond motifs is 1. The molecule has 1 fully saturated rings. The number of aliphatic hydroxyl groups is 1. The highest BCUT2D eigenvalue weighted by Gasteiger charge is 2.51. The zero-order valence-electron chi connectivity index (χ0n) is 20.3. The van der Waals surface area contributed by atoms with Crippen molar-refractivity contribution in [2.24, 2.45) is 4.99 Å². The van der Waals surface area contributed by atoms with Crippen molar-refractivity contribution in [2.45, 2.75) is 43.0 Å². The van der Waals surface area contributed by atoms with Gasteiger partial charge in [-0.1, -0.05) is 36.0 Å². The van der Waals surface area contributed by atoms with Crippen LogP contribution in [0.1, 0.15) is 11.1 Å². The third kappa shape index (κ3) is 5.93. The zero-order chi connectivity index (χ0) is 25.7.